The highest BCUT2D eigenvalue weighted by molar-refractivity contribution is 5.79. The van der Waals surface area contributed by atoms with Gasteiger partial charge in [-0.1, -0.05) is 24.3 Å². The molecular weight excluding hydrogens is 341 g/mol. The van der Waals surface area contributed by atoms with Crippen LogP contribution in [0.1, 0.15) is 30.4 Å². The summed E-state index contributed by atoms with van der Waals surface area (Å²) in [5, 5.41) is 6.27. The van der Waals surface area contributed by atoms with E-state index in [2.05, 4.69) is 32.4 Å². The van der Waals surface area contributed by atoms with E-state index in [4.69, 9.17) is 0 Å². The van der Waals surface area contributed by atoms with Gasteiger partial charge in [-0.2, -0.15) is 13.2 Å². The molecule has 0 saturated carbocycles. The lowest BCUT2D eigenvalue weighted by molar-refractivity contribution is -0.137. The van der Waals surface area contributed by atoms with Crippen LogP contribution >= 0.6 is 0 Å². The Labute approximate surface area is 152 Å². The third-order valence-electron chi connectivity index (χ3n) is 4.16. The molecule has 0 unspecified atom stereocenters. The molecule has 1 heterocycles. The molecule has 0 radical (unpaired) electrons. The van der Waals surface area contributed by atoms with Gasteiger partial charge in [-0.15, -0.1) is 0 Å². The van der Waals surface area contributed by atoms with Gasteiger partial charge < -0.3 is 15.5 Å². The van der Waals surface area contributed by atoms with E-state index in [1.807, 2.05) is 0 Å². The minimum Gasteiger partial charge on any atom is -0.355 e. The summed E-state index contributed by atoms with van der Waals surface area (Å²) in [5.41, 5.74) is -0.345. The van der Waals surface area contributed by atoms with Crippen LogP contribution in [0.2, 0.25) is 0 Å². The fraction of sp³-hybridized carbons (Fsp3) is 0.526. The number of nitrogens with zero attached hydrogens (tertiary/aromatic N) is 2. The van der Waals surface area contributed by atoms with Crippen molar-refractivity contribution in [3.05, 3.63) is 35.4 Å². The summed E-state index contributed by atoms with van der Waals surface area (Å²) < 4.78 is 38.0. The summed E-state index contributed by atoms with van der Waals surface area (Å²) in [6.45, 7) is 4.36. The predicted octanol–water partition coefficient (Wildman–Crippen LogP) is 2.71. The summed E-state index contributed by atoms with van der Waals surface area (Å²) in [6.07, 6.45) is -0.510. The molecule has 1 aromatic rings. The van der Waals surface area contributed by atoms with Crippen LogP contribution in [0.15, 0.2) is 29.3 Å². The van der Waals surface area contributed by atoms with Gasteiger partial charge in [0.1, 0.15) is 0 Å². The molecular formula is C19H25F3N4. The number of likely N-dealkylation sites (tertiary alicyclic amines) is 1. The van der Waals surface area contributed by atoms with Gasteiger partial charge in [0.05, 0.1) is 12.1 Å². The Morgan fingerprint density at radius 2 is 1.96 bits per heavy atom. The second kappa shape index (κ2) is 10.1. The predicted molar refractivity (Wildman–Crippen MR) is 98.0 cm³/mol. The minimum atomic E-state index is -4.35. The van der Waals surface area contributed by atoms with Crippen LogP contribution in [0.25, 0.3) is 0 Å². The maximum atomic E-state index is 12.7. The Morgan fingerprint density at radius 1 is 1.19 bits per heavy atom. The molecule has 1 aromatic carbocycles. The summed E-state index contributed by atoms with van der Waals surface area (Å²) in [6, 6.07) is 5.02. The number of benzene rings is 1. The normalized spacial score (nSPS) is 15.9. The quantitative estimate of drug-likeness (QED) is 0.489. The third kappa shape index (κ3) is 6.96. The fourth-order valence-corrected chi connectivity index (χ4v) is 2.78. The number of hydrogen-bond donors (Lipinski definition) is 2. The molecule has 0 aliphatic carbocycles. The summed E-state index contributed by atoms with van der Waals surface area (Å²) >= 11 is 0. The standard InChI is InChI=1S/C19H25F3N4/c1-23-18(25-11-14-26-12-3-2-4-13-26)24-10-6-8-16-7-5-9-17(15-16)19(20,21)22/h5,7,9,15H,2-4,10-14H2,1H3,(H2,23,24,25). The van der Waals surface area contributed by atoms with Crippen molar-refractivity contribution < 1.29 is 13.2 Å². The molecule has 7 heteroatoms. The van der Waals surface area contributed by atoms with Crippen molar-refractivity contribution in [2.45, 2.75) is 25.4 Å². The maximum Gasteiger partial charge on any atom is 0.416 e. The van der Waals surface area contributed by atoms with Crippen molar-refractivity contribution >= 4 is 5.96 Å². The van der Waals surface area contributed by atoms with Crippen LogP contribution in [0, 0.1) is 11.8 Å². The first-order valence-corrected chi connectivity index (χ1v) is 8.82. The third-order valence-corrected chi connectivity index (χ3v) is 4.16. The van der Waals surface area contributed by atoms with Crippen molar-refractivity contribution in [2.75, 3.05) is 39.8 Å². The van der Waals surface area contributed by atoms with Crippen molar-refractivity contribution in [1.82, 2.24) is 15.5 Å². The van der Waals surface area contributed by atoms with Crippen LogP contribution in [0.5, 0.6) is 0 Å². The molecule has 0 amide bonds. The molecule has 1 saturated heterocycles. The van der Waals surface area contributed by atoms with Crippen LogP contribution in [-0.2, 0) is 6.18 Å². The monoisotopic (exact) mass is 366 g/mol. The molecule has 1 aliphatic rings. The Hall–Kier alpha value is -2.20. The SMILES string of the molecule is CN=C(NCC#Cc1cccc(C(F)(F)F)c1)NCCN1CCCCC1. The zero-order valence-corrected chi connectivity index (χ0v) is 15.0. The lowest BCUT2D eigenvalue weighted by Gasteiger charge is -2.26. The average Bonchev–Trinajstić information content (AvgIpc) is 2.64. The van der Waals surface area contributed by atoms with E-state index in [1.165, 1.54) is 25.3 Å². The van der Waals surface area contributed by atoms with E-state index in [-0.39, 0.29) is 0 Å². The van der Waals surface area contributed by atoms with Gasteiger partial charge in [0.25, 0.3) is 0 Å². The molecule has 0 spiro atoms. The highest BCUT2D eigenvalue weighted by Gasteiger charge is 2.30. The van der Waals surface area contributed by atoms with Crippen LogP contribution in [0.3, 0.4) is 0 Å². The maximum absolute atomic E-state index is 12.7. The fourth-order valence-electron chi connectivity index (χ4n) is 2.78. The smallest absolute Gasteiger partial charge is 0.355 e. The molecule has 26 heavy (non-hydrogen) atoms. The number of aliphatic imine (C=N–C) groups is 1. The van der Waals surface area contributed by atoms with Crippen LogP contribution in [-0.4, -0.2) is 50.6 Å². The van der Waals surface area contributed by atoms with E-state index in [0.29, 0.717) is 18.1 Å². The van der Waals surface area contributed by atoms with Crippen LogP contribution < -0.4 is 10.6 Å². The highest BCUT2D eigenvalue weighted by Crippen LogP contribution is 2.29. The van der Waals surface area contributed by atoms with Crippen molar-refractivity contribution in [1.29, 1.82) is 0 Å². The summed E-state index contributed by atoms with van der Waals surface area (Å²) in [7, 11) is 1.68. The van der Waals surface area contributed by atoms with Crippen molar-refractivity contribution in [2.24, 2.45) is 4.99 Å². The van der Waals surface area contributed by atoms with Crippen LogP contribution in [0.4, 0.5) is 13.2 Å². The highest BCUT2D eigenvalue weighted by atomic mass is 19.4. The number of hydrogen-bond acceptors (Lipinski definition) is 2. The molecule has 0 atom stereocenters. The van der Waals surface area contributed by atoms with E-state index in [0.717, 1.165) is 38.3 Å². The molecule has 4 nitrogen and oxygen atoms in total. The Bertz CT molecular complexity index is 653. The van der Waals surface area contributed by atoms with Gasteiger partial charge in [-0.05, 0) is 44.1 Å². The van der Waals surface area contributed by atoms with E-state index in [9.17, 15) is 13.2 Å². The Kier molecular flexibility index (Phi) is 7.79. The lowest BCUT2D eigenvalue weighted by atomic mass is 10.1. The minimum absolute atomic E-state index is 0.305. The number of alkyl halides is 3. The van der Waals surface area contributed by atoms with Crippen molar-refractivity contribution in [3.63, 3.8) is 0 Å². The first kappa shape index (κ1) is 20.1. The number of halogens is 3. The molecule has 0 bridgehead atoms. The number of piperidine rings is 1. The zero-order valence-electron chi connectivity index (χ0n) is 15.0. The van der Waals surface area contributed by atoms with E-state index in [1.54, 1.807) is 13.1 Å². The summed E-state index contributed by atoms with van der Waals surface area (Å²) in [5.74, 6) is 6.21. The molecule has 142 valence electrons. The number of rotatable bonds is 4. The average molecular weight is 366 g/mol. The van der Waals surface area contributed by atoms with Gasteiger partial charge in [0.15, 0.2) is 5.96 Å². The number of guanidine groups is 1. The largest absolute Gasteiger partial charge is 0.416 e. The van der Waals surface area contributed by atoms with Gasteiger partial charge >= 0.3 is 6.18 Å². The van der Waals surface area contributed by atoms with Gasteiger partial charge in [-0.25, -0.2) is 0 Å². The number of nitrogens with one attached hydrogen (secondary N) is 2. The van der Waals surface area contributed by atoms with Crippen molar-refractivity contribution in [3.8, 4) is 11.8 Å². The Morgan fingerprint density at radius 3 is 2.65 bits per heavy atom. The van der Waals surface area contributed by atoms with E-state index >= 15 is 0 Å². The molecule has 1 fully saturated rings. The molecule has 2 rings (SSSR count). The zero-order chi connectivity index (χ0) is 18.8. The molecule has 2 N–H and O–H groups in total. The first-order valence-electron chi connectivity index (χ1n) is 8.82. The Balaban J connectivity index is 1.75. The van der Waals surface area contributed by atoms with Gasteiger partial charge in [0, 0.05) is 25.7 Å². The first-order chi connectivity index (χ1) is 12.5. The second-order valence-electron chi connectivity index (χ2n) is 6.14. The second-order valence-corrected chi connectivity index (χ2v) is 6.14. The topological polar surface area (TPSA) is 39.7 Å². The summed E-state index contributed by atoms with van der Waals surface area (Å²) in [4.78, 5) is 6.55. The van der Waals surface area contributed by atoms with Gasteiger partial charge in [0.2, 0.25) is 0 Å². The molecule has 1 aliphatic heterocycles. The van der Waals surface area contributed by atoms with E-state index < -0.39 is 11.7 Å². The molecule has 0 aromatic heterocycles. The van der Waals surface area contributed by atoms with Gasteiger partial charge in [-0.3, -0.25) is 4.99 Å². The lowest BCUT2D eigenvalue weighted by Crippen LogP contribution is -2.42.